The van der Waals surface area contributed by atoms with Crippen molar-refractivity contribution >= 4 is 17.7 Å². The largest absolute Gasteiger partial charge is 0.497 e. The lowest BCUT2D eigenvalue weighted by Gasteiger charge is -2.04. The zero-order valence-electron chi connectivity index (χ0n) is 9.94. The van der Waals surface area contributed by atoms with E-state index < -0.39 is 0 Å². The van der Waals surface area contributed by atoms with Gasteiger partial charge in [-0.2, -0.15) is 0 Å². The van der Waals surface area contributed by atoms with Crippen molar-refractivity contribution in [1.82, 2.24) is 5.32 Å². The van der Waals surface area contributed by atoms with Crippen LogP contribution in [0.2, 0.25) is 0 Å². The summed E-state index contributed by atoms with van der Waals surface area (Å²) in [5.74, 6) is 2.19. The second-order valence-corrected chi connectivity index (χ2v) is 5.26. The standard InChI is InChI=1S/C13H17NO2S/c1-16-11-4-6-12(7-5-11)17-9-13(15)14-8-10-2-3-10/h4-7,10H,2-3,8-9H2,1H3,(H,14,15). The molecule has 0 atom stereocenters. The number of amides is 1. The van der Waals surface area contributed by atoms with Crippen LogP contribution in [-0.4, -0.2) is 25.3 Å². The Kier molecular flexibility index (Phi) is 4.31. The third-order valence-corrected chi connectivity index (χ3v) is 3.73. The molecule has 0 aliphatic heterocycles. The highest BCUT2D eigenvalue weighted by Crippen LogP contribution is 2.27. The summed E-state index contributed by atoms with van der Waals surface area (Å²) in [4.78, 5) is 12.6. The average Bonchev–Trinajstić information content (AvgIpc) is 3.18. The number of hydrogen-bond acceptors (Lipinski definition) is 3. The molecule has 1 aromatic carbocycles. The van der Waals surface area contributed by atoms with Gasteiger partial charge in [-0.05, 0) is 43.0 Å². The molecule has 0 saturated heterocycles. The summed E-state index contributed by atoms with van der Waals surface area (Å²) in [6.07, 6.45) is 2.54. The first-order valence-electron chi connectivity index (χ1n) is 5.81. The highest BCUT2D eigenvalue weighted by molar-refractivity contribution is 8.00. The summed E-state index contributed by atoms with van der Waals surface area (Å²) < 4.78 is 5.08. The van der Waals surface area contributed by atoms with Crippen LogP contribution in [0.25, 0.3) is 0 Å². The van der Waals surface area contributed by atoms with Gasteiger partial charge in [0.1, 0.15) is 5.75 Å². The average molecular weight is 251 g/mol. The van der Waals surface area contributed by atoms with Crippen LogP contribution >= 0.6 is 11.8 Å². The molecule has 1 aliphatic carbocycles. The van der Waals surface area contributed by atoms with Crippen molar-refractivity contribution < 1.29 is 9.53 Å². The van der Waals surface area contributed by atoms with Gasteiger partial charge in [0.15, 0.2) is 0 Å². The molecule has 4 heteroatoms. The number of ether oxygens (including phenoxy) is 1. The number of methoxy groups -OCH3 is 1. The fraction of sp³-hybridized carbons (Fsp3) is 0.462. The third kappa shape index (κ3) is 4.30. The van der Waals surface area contributed by atoms with Crippen molar-refractivity contribution in [3.05, 3.63) is 24.3 Å². The van der Waals surface area contributed by atoms with Crippen molar-refractivity contribution in [3.8, 4) is 5.75 Å². The van der Waals surface area contributed by atoms with E-state index >= 15 is 0 Å². The normalized spacial score (nSPS) is 14.4. The minimum Gasteiger partial charge on any atom is -0.497 e. The van der Waals surface area contributed by atoms with E-state index in [1.807, 2.05) is 24.3 Å². The molecule has 0 radical (unpaired) electrons. The molecule has 0 aromatic heterocycles. The number of hydrogen-bond donors (Lipinski definition) is 1. The fourth-order valence-corrected chi connectivity index (χ4v) is 2.18. The molecular formula is C13H17NO2S. The van der Waals surface area contributed by atoms with Crippen LogP contribution in [0.1, 0.15) is 12.8 Å². The lowest BCUT2D eigenvalue weighted by Crippen LogP contribution is -2.27. The van der Waals surface area contributed by atoms with Crippen molar-refractivity contribution in [2.75, 3.05) is 19.4 Å². The molecule has 0 unspecified atom stereocenters. The molecule has 92 valence electrons. The molecule has 0 heterocycles. The minimum atomic E-state index is 0.123. The molecule has 1 fully saturated rings. The Balaban J connectivity index is 1.70. The molecule has 1 aromatic rings. The molecule has 0 spiro atoms. The maximum absolute atomic E-state index is 11.5. The summed E-state index contributed by atoms with van der Waals surface area (Å²) >= 11 is 1.55. The lowest BCUT2D eigenvalue weighted by atomic mass is 10.3. The molecule has 2 rings (SSSR count). The SMILES string of the molecule is COc1ccc(SCC(=O)NCC2CC2)cc1. The van der Waals surface area contributed by atoms with Gasteiger partial charge >= 0.3 is 0 Å². The van der Waals surface area contributed by atoms with E-state index in [0.29, 0.717) is 5.75 Å². The van der Waals surface area contributed by atoms with E-state index in [4.69, 9.17) is 4.74 Å². The van der Waals surface area contributed by atoms with Crippen LogP contribution in [0, 0.1) is 5.92 Å². The number of thioether (sulfide) groups is 1. The molecule has 17 heavy (non-hydrogen) atoms. The summed E-state index contributed by atoms with van der Waals surface area (Å²) in [5, 5.41) is 2.95. The predicted octanol–water partition coefficient (Wildman–Crippen LogP) is 2.31. The molecule has 0 bridgehead atoms. The number of benzene rings is 1. The second kappa shape index (κ2) is 5.96. The van der Waals surface area contributed by atoms with E-state index in [-0.39, 0.29) is 5.91 Å². The Morgan fingerprint density at radius 1 is 1.41 bits per heavy atom. The van der Waals surface area contributed by atoms with Crippen molar-refractivity contribution in [2.24, 2.45) is 5.92 Å². The van der Waals surface area contributed by atoms with Crippen LogP contribution in [-0.2, 0) is 4.79 Å². The lowest BCUT2D eigenvalue weighted by molar-refractivity contribution is -0.118. The first kappa shape index (κ1) is 12.3. The third-order valence-electron chi connectivity index (χ3n) is 2.71. The maximum Gasteiger partial charge on any atom is 0.230 e. The first-order chi connectivity index (χ1) is 8.28. The minimum absolute atomic E-state index is 0.123. The highest BCUT2D eigenvalue weighted by atomic mass is 32.2. The molecule has 1 N–H and O–H groups in total. The van der Waals surface area contributed by atoms with Gasteiger partial charge in [0.25, 0.3) is 0 Å². The monoisotopic (exact) mass is 251 g/mol. The van der Waals surface area contributed by atoms with E-state index in [2.05, 4.69) is 5.32 Å². The Morgan fingerprint density at radius 2 is 2.12 bits per heavy atom. The summed E-state index contributed by atoms with van der Waals surface area (Å²) in [6.45, 7) is 0.849. The Labute approximate surface area is 106 Å². The van der Waals surface area contributed by atoms with Gasteiger partial charge in [-0.3, -0.25) is 4.79 Å². The number of nitrogens with one attached hydrogen (secondary N) is 1. The van der Waals surface area contributed by atoms with Crippen LogP contribution in [0.15, 0.2) is 29.2 Å². The van der Waals surface area contributed by atoms with Gasteiger partial charge in [0, 0.05) is 11.4 Å². The van der Waals surface area contributed by atoms with Gasteiger partial charge in [-0.1, -0.05) is 0 Å². The number of carbonyl (C=O) groups excluding carboxylic acids is 1. The van der Waals surface area contributed by atoms with Gasteiger partial charge in [0.2, 0.25) is 5.91 Å². The van der Waals surface area contributed by atoms with Gasteiger partial charge in [0.05, 0.1) is 12.9 Å². The van der Waals surface area contributed by atoms with Crippen molar-refractivity contribution in [3.63, 3.8) is 0 Å². The van der Waals surface area contributed by atoms with Crippen LogP contribution in [0.5, 0.6) is 5.75 Å². The van der Waals surface area contributed by atoms with E-state index in [1.54, 1.807) is 18.9 Å². The molecule has 3 nitrogen and oxygen atoms in total. The highest BCUT2D eigenvalue weighted by Gasteiger charge is 2.21. The molecule has 1 saturated carbocycles. The van der Waals surface area contributed by atoms with Crippen LogP contribution < -0.4 is 10.1 Å². The Morgan fingerprint density at radius 3 is 2.71 bits per heavy atom. The van der Waals surface area contributed by atoms with E-state index in [0.717, 1.165) is 23.1 Å². The molecular weight excluding hydrogens is 234 g/mol. The number of rotatable bonds is 6. The van der Waals surface area contributed by atoms with E-state index in [1.165, 1.54) is 12.8 Å². The fourth-order valence-electron chi connectivity index (χ4n) is 1.45. The topological polar surface area (TPSA) is 38.3 Å². The van der Waals surface area contributed by atoms with Gasteiger partial charge < -0.3 is 10.1 Å². The molecule has 1 amide bonds. The zero-order chi connectivity index (χ0) is 12.1. The quantitative estimate of drug-likeness (QED) is 0.789. The first-order valence-corrected chi connectivity index (χ1v) is 6.80. The zero-order valence-corrected chi connectivity index (χ0v) is 10.8. The Hall–Kier alpha value is -1.16. The van der Waals surface area contributed by atoms with Crippen LogP contribution in [0.3, 0.4) is 0 Å². The Bertz CT molecular complexity index is 374. The van der Waals surface area contributed by atoms with Gasteiger partial charge in [-0.25, -0.2) is 0 Å². The number of carbonyl (C=O) groups is 1. The second-order valence-electron chi connectivity index (χ2n) is 4.21. The van der Waals surface area contributed by atoms with Crippen LogP contribution in [0.4, 0.5) is 0 Å². The predicted molar refractivity (Wildman–Crippen MR) is 69.5 cm³/mol. The maximum atomic E-state index is 11.5. The summed E-state index contributed by atoms with van der Waals surface area (Å²) in [7, 11) is 1.65. The smallest absolute Gasteiger partial charge is 0.230 e. The summed E-state index contributed by atoms with van der Waals surface area (Å²) in [6, 6.07) is 7.75. The van der Waals surface area contributed by atoms with E-state index in [9.17, 15) is 4.79 Å². The summed E-state index contributed by atoms with van der Waals surface area (Å²) in [5.41, 5.74) is 0. The molecule has 1 aliphatic rings. The van der Waals surface area contributed by atoms with Crippen molar-refractivity contribution in [1.29, 1.82) is 0 Å². The van der Waals surface area contributed by atoms with Crippen molar-refractivity contribution in [2.45, 2.75) is 17.7 Å². The van der Waals surface area contributed by atoms with Gasteiger partial charge in [-0.15, -0.1) is 11.8 Å².